The molecule has 1 aromatic carbocycles. The fourth-order valence-corrected chi connectivity index (χ4v) is 6.40. The van der Waals surface area contributed by atoms with E-state index in [-0.39, 0.29) is 26.6 Å². The predicted octanol–water partition coefficient (Wildman–Crippen LogP) is 2.76. The zero-order chi connectivity index (χ0) is 15.9. The van der Waals surface area contributed by atoms with Crippen LogP contribution < -0.4 is 0 Å². The molecular weight excluding hydrogens is 357 g/mol. The number of carboxylic acids is 1. The Labute approximate surface area is 137 Å². The highest BCUT2D eigenvalue weighted by atomic mass is 35.5. The molecule has 0 aliphatic carbocycles. The van der Waals surface area contributed by atoms with Gasteiger partial charge in [0.15, 0.2) is 0 Å². The molecule has 1 N–H and O–H groups in total. The summed E-state index contributed by atoms with van der Waals surface area (Å²) in [5.41, 5.74) is 0.859. The van der Waals surface area contributed by atoms with Crippen molar-refractivity contribution in [3.05, 3.63) is 27.2 Å². The van der Waals surface area contributed by atoms with Crippen LogP contribution in [0.1, 0.15) is 11.1 Å². The summed E-state index contributed by atoms with van der Waals surface area (Å²) in [5.74, 6) is -0.873. The molecule has 0 amide bonds. The van der Waals surface area contributed by atoms with Gasteiger partial charge in [0.2, 0.25) is 10.0 Å². The minimum Gasteiger partial charge on any atom is -0.480 e. The first kappa shape index (κ1) is 16.9. The fraction of sp³-hybridized carbons (Fsp3) is 0.417. The van der Waals surface area contributed by atoms with E-state index >= 15 is 0 Å². The van der Waals surface area contributed by atoms with Gasteiger partial charge in [-0.3, -0.25) is 4.79 Å². The Morgan fingerprint density at radius 1 is 1.43 bits per heavy atom. The van der Waals surface area contributed by atoms with Gasteiger partial charge in [0.25, 0.3) is 0 Å². The maximum Gasteiger partial charge on any atom is 0.322 e. The smallest absolute Gasteiger partial charge is 0.322 e. The lowest BCUT2D eigenvalue weighted by Gasteiger charge is -2.22. The van der Waals surface area contributed by atoms with Gasteiger partial charge in [-0.25, -0.2) is 8.42 Å². The average Bonchev–Trinajstić information content (AvgIpc) is 2.86. The first-order valence-electron chi connectivity index (χ1n) is 5.95. The second-order valence-electron chi connectivity index (χ2n) is 4.69. The van der Waals surface area contributed by atoms with Crippen LogP contribution in [0.5, 0.6) is 0 Å². The van der Waals surface area contributed by atoms with Gasteiger partial charge in [-0.1, -0.05) is 23.2 Å². The standard InChI is InChI=1S/C12H13Cl2NO4S2/c1-6-3-8(13)7(2)11(10(6)14)21(18,19)15-5-20-4-9(15)12(16)17/h3,9H,4-5H2,1-2H3,(H,16,17)/t9-/m0/s1. The van der Waals surface area contributed by atoms with E-state index in [1.54, 1.807) is 19.9 Å². The van der Waals surface area contributed by atoms with Crippen molar-refractivity contribution in [1.82, 2.24) is 4.31 Å². The molecule has 0 aromatic heterocycles. The molecule has 1 aliphatic heterocycles. The van der Waals surface area contributed by atoms with Crippen LogP contribution in [0.2, 0.25) is 10.0 Å². The molecule has 1 aromatic rings. The van der Waals surface area contributed by atoms with Gasteiger partial charge in [-0.05, 0) is 31.0 Å². The molecule has 1 aliphatic rings. The maximum atomic E-state index is 12.8. The highest BCUT2D eigenvalue weighted by Gasteiger charge is 2.41. The molecular formula is C12H13Cl2NO4S2. The number of carbonyl (C=O) groups is 1. The third kappa shape index (κ3) is 2.90. The van der Waals surface area contributed by atoms with Crippen LogP contribution in [0.25, 0.3) is 0 Å². The number of aryl methyl sites for hydroxylation is 1. The lowest BCUT2D eigenvalue weighted by molar-refractivity contribution is -0.140. The Morgan fingerprint density at radius 2 is 2.05 bits per heavy atom. The molecule has 0 saturated carbocycles. The van der Waals surface area contributed by atoms with E-state index in [0.717, 1.165) is 4.31 Å². The number of hydrogen-bond donors (Lipinski definition) is 1. The predicted molar refractivity (Wildman–Crippen MR) is 83.7 cm³/mol. The van der Waals surface area contributed by atoms with Gasteiger partial charge in [0.1, 0.15) is 10.9 Å². The van der Waals surface area contributed by atoms with E-state index in [0.29, 0.717) is 11.1 Å². The normalized spacial score (nSPS) is 19.9. The zero-order valence-electron chi connectivity index (χ0n) is 11.3. The molecule has 0 radical (unpaired) electrons. The minimum atomic E-state index is -4.02. The van der Waals surface area contributed by atoms with E-state index in [1.807, 2.05) is 0 Å². The second kappa shape index (κ2) is 5.96. The molecule has 1 heterocycles. The number of sulfonamides is 1. The number of nitrogens with zero attached hydrogens (tertiary/aromatic N) is 1. The third-order valence-electron chi connectivity index (χ3n) is 3.28. The van der Waals surface area contributed by atoms with Gasteiger partial charge in [-0.2, -0.15) is 4.31 Å². The van der Waals surface area contributed by atoms with E-state index in [4.69, 9.17) is 28.3 Å². The largest absolute Gasteiger partial charge is 0.480 e. The number of rotatable bonds is 3. The average molecular weight is 370 g/mol. The molecule has 1 fully saturated rings. The van der Waals surface area contributed by atoms with Crippen molar-refractivity contribution in [2.75, 3.05) is 11.6 Å². The van der Waals surface area contributed by atoms with Crippen molar-refractivity contribution in [2.45, 2.75) is 24.8 Å². The molecule has 9 heteroatoms. The Balaban J connectivity index is 2.63. The molecule has 1 saturated heterocycles. The van der Waals surface area contributed by atoms with Gasteiger partial charge in [0, 0.05) is 10.8 Å². The van der Waals surface area contributed by atoms with Crippen molar-refractivity contribution in [3.63, 3.8) is 0 Å². The minimum absolute atomic E-state index is 0.0814. The molecule has 0 bridgehead atoms. The number of halogens is 2. The Bertz CT molecular complexity index is 679. The quantitative estimate of drug-likeness (QED) is 0.886. The summed E-state index contributed by atoms with van der Waals surface area (Å²) in [5, 5.41) is 9.53. The van der Waals surface area contributed by atoms with Gasteiger partial charge < -0.3 is 5.11 Å². The lowest BCUT2D eigenvalue weighted by Crippen LogP contribution is -2.42. The lowest BCUT2D eigenvalue weighted by atomic mass is 10.2. The SMILES string of the molecule is Cc1cc(Cl)c(C)c(S(=O)(=O)N2CSC[C@H]2C(=O)O)c1Cl. The highest BCUT2D eigenvalue weighted by Crippen LogP contribution is 2.37. The summed E-state index contributed by atoms with van der Waals surface area (Å²) in [6.45, 7) is 3.21. The maximum absolute atomic E-state index is 12.8. The first-order chi connectivity index (χ1) is 9.67. The van der Waals surface area contributed by atoms with Crippen molar-refractivity contribution in [3.8, 4) is 0 Å². The molecule has 1 atom stereocenters. The Hall–Kier alpha value is -0.470. The van der Waals surface area contributed by atoms with E-state index in [9.17, 15) is 13.2 Å². The van der Waals surface area contributed by atoms with E-state index in [1.165, 1.54) is 11.8 Å². The molecule has 0 spiro atoms. The number of hydrogen-bond acceptors (Lipinski definition) is 4. The van der Waals surface area contributed by atoms with E-state index < -0.39 is 22.0 Å². The second-order valence-corrected chi connectivity index (χ2v) is 8.30. The molecule has 0 unspecified atom stereocenters. The summed E-state index contributed by atoms with van der Waals surface area (Å²) in [4.78, 5) is 11.1. The van der Waals surface area contributed by atoms with Crippen LogP contribution in [0.15, 0.2) is 11.0 Å². The monoisotopic (exact) mass is 369 g/mol. The number of thioether (sulfide) groups is 1. The van der Waals surface area contributed by atoms with Crippen molar-refractivity contribution in [1.29, 1.82) is 0 Å². The van der Waals surface area contributed by atoms with Gasteiger partial charge in [-0.15, -0.1) is 11.8 Å². The van der Waals surface area contributed by atoms with Crippen molar-refractivity contribution in [2.24, 2.45) is 0 Å². The Morgan fingerprint density at radius 3 is 2.62 bits per heavy atom. The number of benzene rings is 1. The topological polar surface area (TPSA) is 74.7 Å². The van der Waals surface area contributed by atoms with Crippen LogP contribution in [-0.2, 0) is 14.8 Å². The van der Waals surface area contributed by atoms with E-state index in [2.05, 4.69) is 0 Å². The summed E-state index contributed by atoms with van der Waals surface area (Å²) >= 11 is 13.4. The number of aliphatic carboxylic acids is 1. The summed E-state index contributed by atoms with van der Waals surface area (Å²) in [6.07, 6.45) is 0. The van der Waals surface area contributed by atoms with Crippen molar-refractivity contribution >= 4 is 51.0 Å². The third-order valence-corrected chi connectivity index (χ3v) is 7.48. The van der Waals surface area contributed by atoms with Gasteiger partial charge >= 0.3 is 5.97 Å². The first-order valence-corrected chi connectivity index (χ1v) is 9.30. The van der Waals surface area contributed by atoms with Gasteiger partial charge in [0.05, 0.1) is 10.9 Å². The zero-order valence-corrected chi connectivity index (χ0v) is 14.4. The highest BCUT2D eigenvalue weighted by molar-refractivity contribution is 8.00. The van der Waals surface area contributed by atoms with Crippen LogP contribution in [0.4, 0.5) is 0 Å². The summed E-state index contributed by atoms with van der Waals surface area (Å²) in [7, 11) is -4.02. The van der Waals surface area contributed by atoms with Crippen molar-refractivity contribution < 1.29 is 18.3 Å². The molecule has 116 valence electrons. The molecule has 2 rings (SSSR count). The van der Waals surface area contributed by atoms with Crippen LogP contribution >= 0.6 is 35.0 Å². The van der Waals surface area contributed by atoms with Crippen LogP contribution in [0.3, 0.4) is 0 Å². The van der Waals surface area contributed by atoms with Crippen LogP contribution in [-0.4, -0.2) is 41.5 Å². The molecule has 21 heavy (non-hydrogen) atoms. The molecule has 5 nitrogen and oxygen atoms in total. The van der Waals surface area contributed by atoms with Crippen LogP contribution in [0, 0.1) is 13.8 Å². The fourth-order valence-electron chi connectivity index (χ4n) is 2.10. The Kier molecular flexibility index (Phi) is 4.80. The number of carboxylic acid groups (broad SMARTS) is 1. The summed E-state index contributed by atoms with van der Waals surface area (Å²) in [6, 6.07) is 0.501. The summed E-state index contributed by atoms with van der Waals surface area (Å²) < 4.78 is 26.6.